The Morgan fingerprint density at radius 3 is 2.59 bits per heavy atom. The van der Waals surface area contributed by atoms with E-state index < -0.39 is 0 Å². The van der Waals surface area contributed by atoms with E-state index in [4.69, 9.17) is 27.6 Å². The van der Waals surface area contributed by atoms with Gasteiger partial charge in [-0.05, 0) is 60.9 Å². The molecule has 1 aromatic heterocycles. The van der Waals surface area contributed by atoms with Gasteiger partial charge in [0.2, 0.25) is 5.91 Å². The van der Waals surface area contributed by atoms with Gasteiger partial charge in [-0.3, -0.25) is 4.79 Å². The van der Waals surface area contributed by atoms with Crippen LogP contribution in [-0.4, -0.2) is 12.1 Å². The molecule has 0 aliphatic carbocycles. The Morgan fingerprint density at radius 1 is 1.04 bits per heavy atom. The van der Waals surface area contributed by atoms with Gasteiger partial charge in [0.1, 0.15) is 11.5 Å². The molecule has 2 aromatic carbocycles. The average Bonchev–Trinajstić information content (AvgIpc) is 3.09. The molecule has 1 amide bonds. The largest absolute Gasteiger partial charge is 0.455 e. The molecule has 6 heteroatoms. The first-order valence-electron chi connectivity index (χ1n) is 8.35. The number of nitrogens with zero attached hydrogens (tertiary/aromatic N) is 1. The maximum Gasteiger partial charge on any atom is 0.244 e. The number of hydrogen-bond donors (Lipinski definition) is 1. The molecule has 1 heterocycles. The van der Waals surface area contributed by atoms with Gasteiger partial charge in [0, 0.05) is 5.56 Å². The van der Waals surface area contributed by atoms with Crippen molar-refractivity contribution in [2.45, 2.75) is 20.3 Å². The molecule has 0 radical (unpaired) electrons. The first-order valence-corrected chi connectivity index (χ1v) is 9.11. The third-order valence-corrected chi connectivity index (χ3v) is 4.89. The number of hydrazone groups is 1. The van der Waals surface area contributed by atoms with E-state index in [0.29, 0.717) is 21.6 Å². The SMILES string of the molecule is Cc1ccc(CC(=O)N/N=C\c2ccc(-c3ccc(Cl)c(Cl)c3)o2)cc1C. The highest BCUT2D eigenvalue weighted by Gasteiger charge is 2.07. The smallest absolute Gasteiger partial charge is 0.244 e. The van der Waals surface area contributed by atoms with Crippen molar-refractivity contribution in [3.05, 3.63) is 81.0 Å². The van der Waals surface area contributed by atoms with E-state index in [-0.39, 0.29) is 12.3 Å². The lowest BCUT2D eigenvalue weighted by molar-refractivity contribution is -0.120. The standard InChI is InChI=1S/C21H18Cl2N2O2/c1-13-3-4-15(9-14(13)2)10-21(26)25-24-12-17-6-8-20(27-17)16-5-7-18(22)19(23)11-16/h3-9,11-12H,10H2,1-2H3,(H,25,26)/b24-12-. The van der Waals surface area contributed by atoms with E-state index in [1.165, 1.54) is 11.8 Å². The van der Waals surface area contributed by atoms with Crippen molar-refractivity contribution in [3.8, 4) is 11.3 Å². The number of nitrogens with one attached hydrogen (secondary N) is 1. The second-order valence-electron chi connectivity index (χ2n) is 6.22. The first kappa shape index (κ1) is 19.2. The summed E-state index contributed by atoms with van der Waals surface area (Å²) in [4.78, 5) is 12.0. The third kappa shape index (κ3) is 5.00. The number of aryl methyl sites for hydroxylation is 2. The molecular formula is C21H18Cl2N2O2. The molecule has 4 nitrogen and oxygen atoms in total. The molecule has 3 aromatic rings. The van der Waals surface area contributed by atoms with Crippen molar-refractivity contribution in [3.63, 3.8) is 0 Å². The molecule has 138 valence electrons. The molecule has 27 heavy (non-hydrogen) atoms. The van der Waals surface area contributed by atoms with Crippen LogP contribution in [0.2, 0.25) is 10.0 Å². The van der Waals surface area contributed by atoms with Gasteiger partial charge in [0.25, 0.3) is 0 Å². The molecular weight excluding hydrogens is 383 g/mol. The zero-order valence-corrected chi connectivity index (χ0v) is 16.4. The van der Waals surface area contributed by atoms with Crippen molar-refractivity contribution in [1.29, 1.82) is 0 Å². The van der Waals surface area contributed by atoms with Gasteiger partial charge < -0.3 is 4.42 Å². The second kappa shape index (κ2) is 8.42. The number of benzene rings is 2. The predicted octanol–water partition coefficient (Wildman–Crippen LogP) is 5.56. The summed E-state index contributed by atoms with van der Waals surface area (Å²) in [6, 6.07) is 14.8. The van der Waals surface area contributed by atoms with E-state index in [1.54, 1.807) is 24.3 Å². The fourth-order valence-corrected chi connectivity index (χ4v) is 2.83. The van der Waals surface area contributed by atoms with Gasteiger partial charge in [-0.2, -0.15) is 5.10 Å². The Hall–Kier alpha value is -2.56. The lowest BCUT2D eigenvalue weighted by atomic mass is 10.0. The topological polar surface area (TPSA) is 54.6 Å². The fourth-order valence-electron chi connectivity index (χ4n) is 2.53. The van der Waals surface area contributed by atoms with Crippen LogP contribution in [0.5, 0.6) is 0 Å². The van der Waals surface area contributed by atoms with E-state index in [0.717, 1.165) is 16.7 Å². The third-order valence-electron chi connectivity index (χ3n) is 4.15. The van der Waals surface area contributed by atoms with Crippen molar-refractivity contribution in [1.82, 2.24) is 5.43 Å². The van der Waals surface area contributed by atoms with Crippen LogP contribution in [0, 0.1) is 13.8 Å². The number of carbonyl (C=O) groups is 1. The van der Waals surface area contributed by atoms with Crippen molar-refractivity contribution < 1.29 is 9.21 Å². The summed E-state index contributed by atoms with van der Waals surface area (Å²) in [7, 11) is 0. The van der Waals surface area contributed by atoms with Gasteiger partial charge >= 0.3 is 0 Å². The lowest BCUT2D eigenvalue weighted by Gasteiger charge is -2.04. The highest BCUT2D eigenvalue weighted by molar-refractivity contribution is 6.42. The molecule has 0 aliphatic rings. The maximum atomic E-state index is 12.0. The van der Waals surface area contributed by atoms with E-state index >= 15 is 0 Å². The van der Waals surface area contributed by atoms with Crippen LogP contribution in [0.4, 0.5) is 0 Å². The minimum absolute atomic E-state index is 0.189. The maximum absolute atomic E-state index is 12.0. The normalized spacial score (nSPS) is 11.1. The Kier molecular flexibility index (Phi) is 5.99. The summed E-state index contributed by atoms with van der Waals surface area (Å²) in [6.45, 7) is 4.07. The number of halogens is 2. The summed E-state index contributed by atoms with van der Waals surface area (Å²) < 4.78 is 5.69. The van der Waals surface area contributed by atoms with Crippen molar-refractivity contribution >= 4 is 35.3 Å². The molecule has 1 N–H and O–H groups in total. The Balaban J connectivity index is 1.59. The Bertz CT molecular complexity index is 1010. The molecule has 0 fully saturated rings. The van der Waals surface area contributed by atoms with Crippen LogP contribution in [-0.2, 0) is 11.2 Å². The number of hydrogen-bond acceptors (Lipinski definition) is 3. The molecule has 0 aliphatic heterocycles. The number of amides is 1. The molecule has 0 spiro atoms. The number of rotatable bonds is 5. The van der Waals surface area contributed by atoms with Gasteiger partial charge in [-0.25, -0.2) is 5.43 Å². The minimum Gasteiger partial charge on any atom is -0.455 e. The van der Waals surface area contributed by atoms with E-state index in [1.807, 2.05) is 38.1 Å². The fraction of sp³-hybridized carbons (Fsp3) is 0.143. The Morgan fingerprint density at radius 2 is 1.85 bits per heavy atom. The van der Waals surface area contributed by atoms with Crippen LogP contribution in [0.25, 0.3) is 11.3 Å². The summed E-state index contributed by atoms with van der Waals surface area (Å²) in [6.07, 6.45) is 1.73. The number of carbonyl (C=O) groups excluding carboxylic acids is 1. The van der Waals surface area contributed by atoms with Gasteiger partial charge in [0.15, 0.2) is 0 Å². The van der Waals surface area contributed by atoms with Crippen molar-refractivity contribution in [2.24, 2.45) is 5.10 Å². The van der Waals surface area contributed by atoms with Crippen LogP contribution >= 0.6 is 23.2 Å². The van der Waals surface area contributed by atoms with Gasteiger partial charge in [0.05, 0.1) is 22.7 Å². The quantitative estimate of drug-likeness (QED) is 0.449. The lowest BCUT2D eigenvalue weighted by Crippen LogP contribution is -2.19. The van der Waals surface area contributed by atoms with Gasteiger partial charge in [-0.1, -0.05) is 41.4 Å². The Labute approximate surface area is 167 Å². The predicted molar refractivity (Wildman–Crippen MR) is 110 cm³/mol. The van der Waals surface area contributed by atoms with Crippen LogP contribution in [0.15, 0.2) is 58.0 Å². The summed E-state index contributed by atoms with van der Waals surface area (Å²) in [5.74, 6) is 0.963. The van der Waals surface area contributed by atoms with E-state index in [9.17, 15) is 4.79 Å². The average molecular weight is 401 g/mol. The van der Waals surface area contributed by atoms with Crippen LogP contribution < -0.4 is 5.43 Å². The minimum atomic E-state index is -0.189. The molecule has 0 atom stereocenters. The molecule has 3 rings (SSSR count). The molecule has 0 unspecified atom stereocenters. The van der Waals surface area contributed by atoms with Crippen LogP contribution in [0.3, 0.4) is 0 Å². The molecule has 0 bridgehead atoms. The zero-order valence-electron chi connectivity index (χ0n) is 14.9. The zero-order chi connectivity index (χ0) is 19.4. The first-order chi connectivity index (χ1) is 12.9. The molecule has 0 saturated heterocycles. The van der Waals surface area contributed by atoms with Crippen molar-refractivity contribution in [2.75, 3.05) is 0 Å². The van der Waals surface area contributed by atoms with Gasteiger partial charge in [-0.15, -0.1) is 0 Å². The number of furan rings is 1. The van der Waals surface area contributed by atoms with E-state index in [2.05, 4.69) is 10.5 Å². The molecule has 0 saturated carbocycles. The summed E-state index contributed by atoms with van der Waals surface area (Å²) in [5, 5.41) is 4.89. The monoisotopic (exact) mass is 400 g/mol. The van der Waals surface area contributed by atoms with Crippen LogP contribution in [0.1, 0.15) is 22.5 Å². The summed E-state index contributed by atoms with van der Waals surface area (Å²) >= 11 is 11.9. The summed E-state index contributed by atoms with van der Waals surface area (Å²) in [5.41, 5.74) is 6.63. The highest BCUT2D eigenvalue weighted by Crippen LogP contribution is 2.29. The second-order valence-corrected chi connectivity index (χ2v) is 7.03. The highest BCUT2D eigenvalue weighted by atomic mass is 35.5.